The van der Waals surface area contributed by atoms with Crippen LogP contribution in [0.4, 0.5) is 4.39 Å². The van der Waals surface area contributed by atoms with E-state index in [4.69, 9.17) is 5.73 Å². The van der Waals surface area contributed by atoms with Gasteiger partial charge in [0.25, 0.3) is 0 Å². The maximum atomic E-state index is 13.2. The van der Waals surface area contributed by atoms with Crippen molar-refractivity contribution < 1.29 is 12.8 Å². The molecule has 1 aromatic carbocycles. The summed E-state index contributed by atoms with van der Waals surface area (Å²) in [6.07, 6.45) is 3.46. The van der Waals surface area contributed by atoms with Gasteiger partial charge in [0, 0.05) is 19.1 Å². The molecule has 0 aliphatic heterocycles. The van der Waals surface area contributed by atoms with E-state index < -0.39 is 21.4 Å². The summed E-state index contributed by atoms with van der Waals surface area (Å²) in [6.45, 7) is 0.290. The van der Waals surface area contributed by atoms with Crippen molar-refractivity contribution in [1.29, 1.82) is 0 Å². The Bertz CT molecular complexity index is 554. The molecule has 2 rings (SSSR count). The molecule has 0 spiro atoms. The summed E-state index contributed by atoms with van der Waals surface area (Å²) in [4.78, 5) is -0.0188. The Morgan fingerprint density at radius 1 is 1.37 bits per heavy atom. The molecule has 1 fully saturated rings. The van der Waals surface area contributed by atoms with E-state index in [1.54, 1.807) is 7.05 Å². The van der Waals surface area contributed by atoms with Crippen LogP contribution in [0.15, 0.2) is 29.2 Å². The van der Waals surface area contributed by atoms with Crippen molar-refractivity contribution in [3.05, 3.63) is 30.1 Å². The smallest absolute Gasteiger partial charge is 0.243 e. The van der Waals surface area contributed by atoms with Crippen molar-refractivity contribution in [2.45, 2.75) is 36.1 Å². The van der Waals surface area contributed by atoms with Gasteiger partial charge in [-0.2, -0.15) is 4.31 Å². The standard InChI is InChI=1S/C13H19FN2O2S/c1-16(13(10-15)7-2-3-8-13)19(17,18)12-6-4-5-11(14)9-12/h4-6,9H,2-3,7-8,10,15H2,1H3. The van der Waals surface area contributed by atoms with Crippen molar-refractivity contribution in [2.24, 2.45) is 5.73 Å². The van der Waals surface area contributed by atoms with Crippen LogP contribution in [0.5, 0.6) is 0 Å². The van der Waals surface area contributed by atoms with Crippen molar-refractivity contribution >= 4 is 10.0 Å². The molecule has 4 nitrogen and oxygen atoms in total. The Morgan fingerprint density at radius 2 is 2.00 bits per heavy atom. The highest BCUT2D eigenvalue weighted by Crippen LogP contribution is 2.36. The van der Waals surface area contributed by atoms with Gasteiger partial charge in [0.15, 0.2) is 0 Å². The fourth-order valence-corrected chi connectivity index (χ4v) is 4.32. The van der Waals surface area contributed by atoms with Crippen LogP contribution in [0.1, 0.15) is 25.7 Å². The second-order valence-corrected chi connectivity index (χ2v) is 7.03. The van der Waals surface area contributed by atoms with Crippen molar-refractivity contribution in [1.82, 2.24) is 4.31 Å². The molecule has 106 valence electrons. The summed E-state index contributed by atoms with van der Waals surface area (Å²) in [7, 11) is -2.16. The van der Waals surface area contributed by atoms with E-state index in [2.05, 4.69) is 0 Å². The van der Waals surface area contributed by atoms with E-state index in [-0.39, 0.29) is 11.4 Å². The molecule has 19 heavy (non-hydrogen) atoms. The lowest BCUT2D eigenvalue weighted by Crippen LogP contribution is -2.52. The second-order valence-electron chi connectivity index (χ2n) is 5.07. The molecule has 0 bridgehead atoms. The van der Waals surface area contributed by atoms with Gasteiger partial charge in [-0.05, 0) is 31.0 Å². The van der Waals surface area contributed by atoms with E-state index in [9.17, 15) is 12.8 Å². The Balaban J connectivity index is 2.39. The van der Waals surface area contributed by atoms with Gasteiger partial charge in [-0.3, -0.25) is 0 Å². The van der Waals surface area contributed by atoms with Gasteiger partial charge < -0.3 is 5.73 Å². The van der Waals surface area contributed by atoms with Crippen LogP contribution in [0, 0.1) is 5.82 Å². The topological polar surface area (TPSA) is 63.4 Å². The largest absolute Gasteiger partial charge is 0.329 e. The molecule has 0 unspecified atom stereocenters. The quantitative estimate of drug-likeness (QED) is 0.916. The van der Waals surface area contributed by atoms with Crippen LogP contribution in [-0.2, 0) is 10.0 Å². The number of nitrogens with zero attached hydrogens (tertiary/aromatic N) is 1. The normalized spacial score (nSPS) is 18.9. The van der Waals surface area contributed by atoms with E-state index in [0.717, 1.165) is 31.7 Å². The molecule has 1 aliphatic rings. The zero-order valence-corrected chi connectivity index (χ0v) is 11.8. The average molecular weight is 286 g/mol. The molecule has 0 radical (unpaired) electrons. The molecular weight excluding hydrogens is 267 g/mol. The molecule has 1 saturated carbocycles. The number of likely N-dealkylation sites (N-methyl/N-ethyl adjacent to an activating group) is 1. The number of hydrogen-bond acceptors (Lipinski definition) is 3. The van der Waals surface area contributed by atoms with Gasteiger partial charge in [-0.1, -0.05) is 18.9 Å². The van der Waals surface area contributed by atoms with Gasteiger partial charge in [0.2, 0.25) is 10.0 Å². The van der Waals surface area contributed by atoms with E-state index in [0.29, 0.717) is 0 Å². The minimum absolute atomic E-state index is 0.0188. The Hall–Kier alpha value is -0.980. The first-order valence-electron chi connectivity index (χ1n) is 6.37. The molecule has 0 heterocycles. The third-order valence-corrected chi connectivity index (χ3v) is 5.99. The van der Waals surface area contributed by atoms with Crippen LogP contribution >= 0.6 is 0 Å². The van der Waals surface area contributed by atoms with Crippen LogP contribution < -0.4 is 5.73 Å². The highest BCUT2D eigenvalue weighted by Gasteiger charge is 2.42. The lowest BCUT2D eigenvalue weighted by molar-refractivity contribution is 0.230. The summed E-state index contributed by atoms with van der Waals surface area (Å²) < 4.78 is 39.6. The van der Waals surface area contributed by atoms with Gasteiger partial charge in [-0.15, -0.1) is 0 Å². The predicted molar refractivity (Wildman–Crippen MR) is 71.6 cm³/mol. The van der Waals surface area contributed by atoms with Gasteiger partial charge >= 0.3 is 0 Å². The molecule has 0 atom stereocenters. The van der Waals surface area contributed by atoms with Crippen molar-refractivity contribution in [3.63, 3.8) is 0 Å². The number of nitrogens with two attached hydrogens (primary N) is 1. The summed E-state index contributed by atoms with van der Waals surface area (Å²) >= 11 is 0. The monoisotopic (exact) mass is 286 g/mol. The first-order valence-corrected chi connectivity index (χ1v) is 7.81. The van der Waals surface area contributed by atoms with E-state index >= 15 is 0 Å². The third-order valence-electron chi connectivity index (χ3n) is 4.04. The number of benzene rings is 1. The zero-order chi connectivity index (χ0) is 14.1. The summed E-state index contributed by atoms with van der Waals surface area (Å²) in [5.41, 5.74) is 5.27. The third kappa shape index (κ3) is 2.52. The highest BCUT2D eigenvalue weighted by molar-refractivity contribution is 7.89. The number of rotatable bonds is 4. The summed E-state index contributed by atoms with van der Waals surface area (Å²) in [5, 5.41) is 0. The Labute approximate surface area is 113 Å². The number of sulfonamides is 1. The van der Waals surface area contributed by atoms with Gasteiger partial charge in [-0.25, -0.2) is 12.8 Å². The van der Waals surface area contributed by atoms with Crippen LogP contribution in [-0.4, -0.2) is 31.9 Å². The fourth-order valence-electron chi connectivity index (χ4n) is 2.72. The molecule has 2 N–H and O–H groups in total. The molecule has 0 amide bonds. The Kier molecular flexibility index (Phi) is 3.94. The molecule has 6 heteroatoms. The van der Waals surface area contributed by atoms with E-state index in [1.807, 2.05) is 0 Å². The van der Waals surface area contributed by atoms with Crippen molar-refractivity contribution in [2.75, 3.05) is 13.6 Å². The minimum atomic E-state index is -3.70. The molecule has 1 aromatic rings. The predicted octanol–water partition coefficient (Wildman–Crippen LogP) is 1.72. The second kappa shape index (κ2) is 5.19. The molecule has 0 aromatic heterocycles. The average Bonchev–Trinajstić information content (AvgIpc) is 2.87. The maximum absolute atomic E-state index is 13.2. The van der Waals surface area contributed by atoms with Gasteiger partial charge in [0.05, 0.1) is 4.90 Å². The SMILES string of the molecule is CN(C1(CN)CCCC1)S(=O)(=O)c1cccc(F)c1. The molecular formula is C13H19FN2O2S. The van der Waals surface area contributed by atoms with E-state index in [1.165, 1.54) is 22.5 Å². The Morgan fingerprint density at radius 3 is 2.53 bits per heavy atom. The molecule has 0 saturated heterocycles. The van der Waals surface area contributed by atoms with Crippen LogP contribution in [0.25, 0.3) is 0 Å². The van der Waals surface area contributed by atoms with Crippen molar-refractivity contribution in [3.8, 4) is 0 Å². The van der Waals surface area contributed by atoms with Crippen LogP contribution in [0.2, 0.25) is 0 Å². The lowest BCUT2D eigenvalue weighted by atomic mass is 9.98. The molecule has 1 aliphatic carbocycles. The minimum Gasteiger partial charge on any atom is -0.329 e. The fraction of sp³-hybridized carbons (Fsp3) is 0.538. The zero-order valence-electron chi connectivity index (χ0n) is 11.0. The summed E-state index contributed by atoms with van der Waals surface area (Å²) in [5.74, 6) is -0.553. The number of hydrogen-bond donors (Lipinski definition) is 1. The summed E-state index contributed by atoms with van der Waals surface area (Å²) in [6, 6.07) is 5.09. The first-order chi connectivity index (χ1) is 8.92. The van der Waals surface area contributed by atoms with Gasteiger partial charge in [0.1, 0.15) is 5.82 Å². The number of halogens is 1. The highest BCUT2D eigenvalue weighted by atomic mass is 32.2. The van der Waals surface area contributed by atoms with Crippen LogP contribution in [0.3, 0.4) is 0 Å². The first kappa shape index (κ1) is 14.4. The maximum Gasteiger partial charge on any atom is 0.243 e. The lowest BCUT2D eigenvalue weighted by Gasteiger charge is -2.36.